The molecule has 0 aliphatic carbocycles. The lowest BCUT2D eigenvalue weighted by Crippen LogP contribution is -2.45. The smallest absolute Gasteiger partial charge is 0.416 e. The molecule has 2 heterocycles. The molecular formula is C28H25F7N2O4. The molecule has 220 valence electrons. The molecule has 1 saturated heterocycles. The fraction of sp³-hybridized carbons (Fsp3) is 0.357. The molecule has 0 bridgehead atoms. The Morgan fingerprint density at radius 3 is 2.07 bits per heavy atom. The van der Waals surface area contributed by atoms with Crippen LogP contribution in [0.3, 0.4) is 0 Å². The lowest BCUT2D eigenvalue weighted by atomic mass is 10.0. The van der Waals surface area contributed by atoms with Crippen molar-refractivity contribution in [3.05, 3.63) is 94.7 Å². The fourth-order valence-electron chi connectivity index (χ4n) is 4.41. The third-order valence-corrected chi connectivity index (χ3v) is 6.46. The van der Waals surface area contributed by atoms with Gasteiger partial charge in [-0.15, -0.1) is 0 Å². The second-order valence-corrected chi connectivity index (χ2v) is 9.57. The van der Waals surface area contributed by atoms with E-state index in [9.17, 15) is 40.3 Å². The van der Waals surface area contributed by atoms with Crippen LogP contribution in [0.5, 0.6) is 0 Å². The molecule has 41 heavy (non-hydrogen) atoms. The molecule has 13 heteroatoms. The summed E-state index contributed by atoms with van der Waals surface area (Å²) in [5, 5.41) is 0. The summed E-state index contributed by atoms with van der Waals surface area (Å²) >= 11 is 0. The summed E-state index contributed by atoms with van der Waals surface area (Å²) in [5.41, 5.74) is -3.62. The normalized spacial score (nSPS) is 15.6. The number of furan rings is 1. The zero-order valence-corrected chi connectivity index (χ0v) is 21.5. The standard InChI is InChI=1S/C28H25F7N2O4/c29-22-7-5-18(6-8-22)14-36(15-23-3-1-9-40-23)25(38)17-37(16-24-4-2-10-41-24)26(39)19-11-20(27(30,31)32)13-21(12-19)28(33,34)35/h1,3,5-9,11-13,24H,2,4,10,14-17H2. The molecular weight excluding hydrogens is 561 g/mol. The maximum atomic E-state index is 13.5. The van der Waals surface area contributed by atoms with Crippen molar-refractivity contribution in [2.24, 2.45) is 0 Å². The van der Waals surface area contributed by atoms with Gasteiger partial charge >= 0.3 is 12.4 Å². The van der Waals surface area contributed by atoms with Gasteiger partial charge in [0.15, 0.2) is 0 Å². The average Bonchev–Trinajstić information content (AvgIpc) is 3.62. The lowest BCUT2D eigenvalue weighted by Gasteiger charge is -2.29. The molecule has 3 aromatic rings. The number of hydrogen-bond acceptors (Lipinski definition) is 4. The first-order valence-electron chi connectivity index (χ1n) is 12.5. The van der Waals surface area contributed by atoms with Crippen LogP contribution < -0.4 is 0 Å². The zero-order valence-electron chi connectivity index (χ0n) is 21.5. The number of halogens is 7. The summed E-state index contributed by atoms with van der Waals surface area (Å²) in [6.45, 7) is -0.639. The van der Waals surface area contributed by atoms with Crippen LogP contribution in [0.2, 0.25) is 0 Å². The van der Waals surface area contributed by atoms with Crippen LogP contribution in [-0.2, 0) is 35.0 Å². The van der Waals surface area contributed by atoms with Crippen LogP contribution in [0.25, 0.3) is 0 Å². The molecule has 1 fully saturated rings. The van der Waals surface area contributed by atoms with E-state index in [1.54, 1.807) is 12.1 Å². The van der Waals surface area contributed by atoms with Crippen molar-refractivity contribution in [1.29, 1.82) is 0 Å². The summed E-state index contributed by atoms with van der Waals surface area (Å²) in [5.74, 6) is -1.97. The van der Waals surface area contributed by atoms with Gasteiger partial charge in [-0.05, 0) is 60.9 Å². The van der Waals surface area contributed by atoms with Gasteiger partial charge in [-0.1, -0.05) is 12.1 Å². The number of ether oxygens (including phenoxy) is 1. The van der Waals surface area contributed by atoms with Crippen LogP contribution in [0.1, 0.15) is 45.7 Å². The summed E-state index contributed by atoms with van der Waals surface area (Å²) in [6, 6.07) is 9.10. The van der Waals surface area contributed by atoms with E-state index in [1.807, 2.05) is 0 Å². The molecule has 4 rings (SSSR count). The Hall–Kier alpha value is -3.87. The van der Waals surface area contributed by atoms with Gasteiger partial charge in [0.1, 0.15) is 18.1 Å². The quantitative estimate of drug-likeness (QED) is 0.276. The van der Waals surface area contributed by atoms with Crippen LogP contribution in [-0.4, -0.2) is 47.4 Å². The highest BCUT2D eigenvalue weighted by molar-refractivity contribution is 5.97. The van der Waals surface area contributed by atoms with Gasteiger partial charge in [0.05, 0.1) is 30.0 Å². The molecule has 6 nitrogen and oxygen atoms in total. The highest BCUT2D eigenvalue weighted by Crippen LogP contribution is 2.36. The van der Waals surface area contributed by atoms with E-state index in [0.29, 0.717) is 42.9 Å². The average molecular weight is 587 g/mol. The predicted octanol–water partition coefficient (Wildman–Crippen LogP) is 6.31. The first-order valence-corrected chi connectivity index (χ1v) is 12.5. The Balaban J connectivity index is 1.65. The fourth-order valence-corrected chi connectivity index (χ4v) is 4.41. The largest absolute Gasteiger partial charge is 0.467 e. The number of carbonyl (C=O) groups excluding carboxylic acids is 2. The first-order chi connectivity index (χ1) is 19.3. The van der Waals surface area contributed by atoms with Crippen LogP contribution >= 0.6 is 0 Å². The maximum Gasteiger partial charge on any atom is 0.416 e. The molecule has 0 spiro atoms. The van der Waals surface area contributed by atoms with Crippen molar-refractivity contribution in [2.75, 3.05) is 19.7 Å². The maximum absolute atomic E-state index is 13.5. The molecule has 0 saturated carbocycles. The van der Waals surface area contributed by atoms with Gasteiger partial charge in [-0.2, -0.15) is 26.3 Å². The van der Waals surface area contributed by atoms with E-state index in [-0.39, 0.29) is 25.7 Å². The molecule has 0 radical (unpaired) electrons. The number of rotatable bonds is 9. The predicted molar refractivity (Wildman–Crippen MR) is 131 cm³/mol. The number of amides is 2. The van der Waals surface area contributed by atoms with E-state index in [1.165, 1.54) is 35.4 Å². The van der Waals surface area contributed by atoms with E-state index in [2.05, 4.69) is 0 Å². The third-order valence-electron chi connectivity index (χ3n) is 6.46. The summed E-state index contributed by atoms with van der Waals surface area (Å²) in [7, 11) is 0. The molecule has 2 aromatic carbocycles. The Bertz CT molecular complexity index is 1300. The van der Waals surface area contributed by atoms with Gasteiger partial charge in [0, 0.05) is 25.3 Å². The monoisotopic (exact) mass is 586 g/mol. The van der Waals surface area contributed by atoms with Gasteiger partial charge < -0.3 is 19.0 Å². The number of hydrogen-bond donors (Lipinski definition) is 0. The van der Waals surface area contributed by atoms with Crippen LogP contribution in [0.4, 0.5) is 30.7 Å². The van der Waals surface area contributed by atoms with Crippen LogP contribution in [0.15, 0.2) is 65.3 Å². The topological polar surface area (TPSA) is 63.0 Å². The minimum absolute atomic E-state index is 0.0381. The van der Waals surface area contributed by atoms with E-state index >= 15 is 0 Å². The number of benzene rings is 2. The highest BCUT2D eigenvalue weighted by atomic mass is 19.4. The van der Waals surface area contributed by atoms with Gasteiger partial charge in [-0.25, -0.2) is 4.39 Å². The van der Waals surface area contributed by atoms with Crippen LogP contribution in [0, 0.1) is 5.82 Å². The van der Waals surface area contributed by atoms with Gasteiger partial charge in [0.2, 0.25) is 5.91 Å². The van der Waals surface area contributed by atoms with Crippen molar-refractivity contribution in [1.82, 2.24) is 9.80 Å². The van der Waals surface area contributed by atoms with Crippen molar-refractivity contribution >= 4 is 11.8 Å². The van der Waals surface area contributed by atoms with E-state index < -0.39 is 59.3 Å². The SMILES string of the molecule is O=C(CN(CC1CCCO1)C(=O)c1cc(C(F)(F)F)cc(C(F)(F)F)c1)N(Cc1ccc(F)cc1)Cc1ccco1. The number of carbonyl (C=O) groups is 2. The number of alkyl halides is 6. The van der Waals surface area contributed by atoms with E-state index in [0.717, 1.165) is 4.90 Å². The lowest BCUT2D eigenvalue weighted by molar-refractivity contribution is -0.143. The molecule has 1 aromatic heterocycles. The Labute approximate surface area is 230 Å². The van der Waals surface area contributed by atoms with E-state index in [4.69, 9.17) is 9.15 Å². The second-order valence-electron chi connectivity index (χ2n) is 9.57. The van der Waals surface area contributed by atoms with Crippen molar-refractivity contribution in [3.63, 3.8) is 0 Å². The van der Waals surface area contributed by atoms with Crippen molar-refractivity contribution in [3.8, 4) is 0 Å². The molecule has 1 atom stereocenters. The first kappa shape index (κ1) is 30.1. The third kappa shape index (κ3) is 8.09. The van der Waals surface area contributed by atoms with Gasteiger partial charge in [-0.3, -0.25) is 9.59 Å². The van der Waals surface area contributed by atoms with Crippen molar-refractivity contribution < 1.29 is 49.5 Å². The van der Waals surface area contributed by atoms with Gasteiger partial charge in [0.25, 0.3) is 5.91 Å². The number of nitrogens with zero attached hydrogens (tertiary/aromatic N) is 2. The Kier molecular flexibility index (Phi) is 9.05. The molecule has 1 aliphatic rings. The summed E-state index contributed by atoms with van der Waals surface area (Å²) in [6.07, 6.45) is -8.36. The Morgan fingerprint density at radius 1 is 0.878 bits per heavy atom. The second kappa shape index (κ2) is 12.3. The summed E-state index contributed by atoms with van der Waals surface area (Å²) < 4.78 is 105. The molecule has 1 unspecified atom stereocenters. The Morgan fingerprint density at radius 2 is 1.54 bits per heavy atom. The minimum atomic E-state index is -5.15. The summed E-state index contributed by atoms with van der Waals surface area (Å²) in [4.78, 5) is 29.2. The minimum Gasteiger partial charge on any atom is -0.467 e. The van der Waals surface area contributed by atoms with Crippen molar-refractivity contribution in [2.45, 2.75) is 44.4 Å². The molecule has 0 N–H and O–H groups in total. The highest BCUT2D eigenvalue weighted by Gasteiger charge is 2.38. The zero-order chi connectivity index (χ0) is 29.8. The molecule has 2 amide bonds. The molecule has 1 aliphatic heterocycles.